The topological polar surface area (TPSA) is 76.4 Å². The minimum absolute atomic E-state index is 0.0183. The second-order valence-corrected chi connectivity index (χ2v) is 4.04. The molecule has 5 nitrogen and oxygen atoms in total. The zero-order valence-electron chi connectivity index (χ0n) is 9.04. The van der Waals surface area contributed by atoms with Gasteiger partial charge in [-0.25, -0.2) is 0 Å². The second kappa shape index (κ2) is 4.19. The van der Waals surface area contributed by atoms with E-state index in [2.05, 4.69) is 0 Å². The molecular weight excluding hydrogens is 208 g/mol. The number of nitrogens with zero attached hydrogens (tertiary/aromatic N) is 1. The molecule has 1 saturated heterocycles. The molecule has 1 aromatic rings. The quantitative estimate of drug-likeness (QED) is 0.678. The Kier molecular flexibility index (Phi) is 2.89. The van der Waals surface area contributed by atoms with Crippen molar-refractivity contribution in [3.8, 4) is 0 Å². The molecule has 16 heavy (non-hydrogen) atoms. The standard InChI is InChI=1S/C11H14N2O3/c1-7-5-9(14)11(16-7)13-4-2-3-8(6-13)10(12)15/h2-4,6-7,9,11,14H,5H2,1H3,(H-,12,15)/p+1. The molecule has 3 N–H and O–H groups in total. The van der Waals surface area contributed by atoms with E-state index < -0.39 is 18.2 Å². The maximum atomic E-state index is 11.0. The number of rotatable bonds is 2. The lowest BCUT2D eigenvalue weighted by Crippen LogP contribution is -2.44. The molecule has 1 aliphatic heterocycles. The molecule has 86 valence electrons. The van der Waals surface area contributed by atoms with Crippen LogP contribution < -0.4 is 10.3 Å². The first-order valence-corrected chi connectivity index (χ1v) is 5.22. The van der Waals surface area contributed by atoms with E-state index in [9.17, 15) is 9.90 Å². The van der Waals surface area contributed by atoms with Gasteiger partial charge in [-0.1, -0.05) is 0 Å². The van der Waals surface area contributed by atoms with Gasteiger partial charge in [0.25, 0.3) is 12.1 Å². The number of amides is 1. The highest BCUT2D eigenvalue weighted by molar-refractivity contribution is 5.92. The number of aliphatic hydroxyl groups is 1. The number of aromatic nitrogens is 1. The summed E-state index contributed by atoms with van der Waals surface area (Å²) < 4.78 is 7.23. The van der Waals surface area contributed by atoms with Gasteiger partial charge in [0.2, 0.25) is 0 Å². The van der Waals surface area contributed by atoms with Gasteiger partial charge in [-0.15, -0.1) is 0 Å². The molecule has 1 aliphatic rings. The summed E-state index contributed by atoms with van der Waals surface area (Å²) in [7, 11) is 0. The van der Waals surface area contributed by atoms with Gasteiger partial charge >= 0.3 is 0 Å². The van der Waals surface area contributed by atoms with Crippen LogP contribution in [0.25, 0.3) is 0 Å². The lowest BCUT2D eigenvalue weighted by molar-refractivity contribution is -0.765. The van der Waals surface area contributed by atoms with Gasteiger partial charge in [-0.2, -0.15) is 4.57 Å². The Bertz CT molecular complexity index is 408. The summed E-state index contributed by atoms with van der Waals surface area (Å²) in [4.78, 5) is 11.0. The van der Waals surface area contributed by atoms with Crippen molar-refractivity contribution < 1.29 is 19.2 Å². The van der Waals surface area contributed by atoms with Crippen LogP contribution in [0.15, 0.2) is 24.5 Å². The van der Waals surface area contributed by atoms with E-state index in [1.807, 2.05) is 6.92 Å². The third-order valence-electron chi connectivity index (χ3n) is 2.67. The van der Waals surface area contributed by atoms with E-state index in [1.54, 1.807) is 29.1 Å². The van der Waals surface area contributed by atoms with Crippen LogP contribution in [0.5, 0.6) is 0 Å². The Labute approximate surface area is 93.5 Å². The van der Waals surface area contributed by atoms with Gasteiger partial charge in [0, 0.05) is 12.5 Å². The normalized spacial score (nSPS) is 29.2. The number of ether oxygens (including phenoxy) is 1. The highest BCUT2D eigenvalue weighted by Gasteiger charge is 2.38. The van der Waals surface area contributed by atoms with E-state index in [0.29, 0.717) is 12.0 Å². The van der Waals surface area contributed by atoms with Crippen molar-refractivity contribution in [1.29, 1.82) is 0 Å². The minimum atomic E-state index is -0.553. The molecule has 3 unspecified atom stereocenters. The number of hydrogen-bond acceptors (Lipinski definition) is 3. The Morgan fingerprint density at radius 2 is 2.44 bits per heavy atom. The van der Waals surface area contributed by atoms with Crippen molar-refractivity contribution in [2.24, 2.45) is 5.73 Å². The first kappa shape index (κ1) is 11.0. The van der Waals surface area contributed by atoms with Crippen molar-refractivity contribution in [3.63, 3.8) is 0 Å². The molecule has 2 rings (SSSR count). The van der Waals surface area contributed by atoms with Crippen molar-refractivity contribution in [2.45, 2.75) is 31.8 Å². The van der Waals surface area contributed by atoms with Crippen molar-refractivity contribution >= 4 is 5.91 Å². The maximum absolute atomic E-state index is 11.0. The van der Waals surface area contributed by atoms with Crippen molar-refractivity contribution in [3.05, 3.63) is 30.1 Å². The Hall–Kier alpha value is -1.46. The van der Waals surface area contributed by atoms with E-state index in [4.69, 9.17) is 10.5 Å². The molecule has 1 fully saturated rings. The summed E-state index contributed by atoms with van der Waals surface area (Å²) in [6, 6.07) is 3.34. The molecular formula is C11H15N2O3+. The average Bonchev–Trinajstić information content (AvgIpc) is 2.58. The van der Waals surface area contributed by atoms with E-state index in [0.717, 1.165) is 0 Å². The van der Waals surface area contributed by atoms with Crippen molar-refractivity contribution in [1.82, 2.24) is 0 Å². The maximum Gasteiger partial charge on any atom is 0.289 e. The van der Waals surface area contributed by atoms with Crippen molar-refractivity contribution in [2.75, 3.05) is 0 Å². The Balaban J connectivity index is 2.27. The number of carbonyl (C=O) groups excluding carboxylic acids is 1. The lowest BCUT2D eigenvalue weighted by Gasteiger charge is -2.09. The van der Waals surface area contributed by atoms with Crippen LogP contribution in [0, 0.1) is 0 Å². The summed E-state index contributed by atoms with van der Waals surface area (Å²) in [5.74, 6) is -0.491. The number of primary amides is 1. The smallest absolute Gasteiger partial charge is 0.289 e. The molecule has 0 saturated carbocycles. The fourth-order valence-electron chi connectivity index (χ4n) is 1.91. The Morgan fingerprint density at radius 3 is 3.00 bits per heavy atom. The average molecular weight is 223 g/mol. The largest absolute Gasteiger partial charge is 0.383 e. The highest BCUT2D eigenvalue weighted by Crippen LogP contribution is 2.23. The predicted octanol–water partition coefficient (Wildman–Crippen LogP) is -0.259. The molecule has 0 aromatic carbocycles. The SMILES string of the molecule is CC1CC(O)C([n+]2cccc(C(N)=O)c2)O1. The summed E-state index contributed by atoms with van der Waals surface area (Å²) >= 11 is 0. The van der Waals surface area contributed by atoms with Gasteiger partial charge < -0.3 is 15.6 Å². The molecule has 1 aromatic heterocycles. The van der Waals surface area contributed by atoms with Gasteiger partial charge in [0.05, 0.1) is 6.10 Å². The Morgan fingerprint density at radius 1 is 1.69 bits per heavy atom. The number of nitrogens with two attached hydrogens (primary N) is 1. The van der Waals surface area contributed by atoms with Crippen LogP contribution in [-0.4, -0.2) is 23.2 Å². The minimum Gasteiger partial charge on any atom is -0.383 e. The summed E-state index contributed by atoms with van der Waals surface area (Å²) in [5.41, 5.74) is 5.59. The predicted molar refractivity (Wildman–Crippen MR) is 55.4 cm³/mol. The van der Waals surface area contributed by atoms with Crippen LogP contribution >= 0.6 is 0 Å². The van der Waals surface area contributed by atoms with Crippen LogP contribution in [0.1, 0.15) is 29.9 Å². The lowest BCUT2D eigenvalue weighted by atomic mass is 10.2. The van der Waals surface area contributed by atoms with E-state index in [1.165, 1.54) is 0 Å². The molecule has 1 amide bonds. The summed E-state index contributed by atoms with van der Waals surface area (Å²) in [5, 5.41) is 9.78. The third-order valence-corrected chi connectivity index (χ3v) is 2.67. The molecule has 0 spiro atoms. The monoisotopic (exact) mass is 223 g/mol. The number of pyridine rings is 1. The van der Waals surface area contributed by atoms with Gasteiger partial charge in [-0.05, 0) is 13.0 Å². The third kappa shape index (κ3) is 2.05. The molecule has 3 atom stereocenters. The summed E-state index contributed by atoms with van der Waals surface area (Å²) in [6.45, 7) is 1.90. The van der Waals surface area contributed by atoms with E-state index >= 15 is 0 Å². The van der Waals surface area contributed by atoms with Gasteiger partial charge in [0.1, 0.15) is 11.7 Å². The second-order valence-electron chi connectivity index (χ2n) is 4.04. The first-order chi connectivity index (χ1) is 7.58. The van der Waals surface area contributed by atoms with Gasteiger partial charge in [-0.3, -0.25) is 4.79 Å². The fraction of sp³-hybridized carbons (Fsp3) is 0.455. The van der Waals surface area contributed by atoms with Crippen LogP contribution in [-0.2, 0) is 4.74 Å². The summed E-state index contributed by atoms with van der Waals surface area (Å²) in [6.07, 6.45) is 2.97. The molecule has 0 radical (unpaired) electrons. The molecule has 0 aliphatic carbocycles. The zero-order chi connectivity index (χ0) is 11.7. The molecule has 2 heterocycles. The highest BCUT2D eigenvalue weighted by atomic mass is 16.5. The first-order valence-electron chi connectivity index (χ1n) is 5.22. The van der Waals surface area contributed by atoms with Crippen LogP contribution in [0.4, 0.5) is 0 Å². The van der Waals surface area contributed by atoms with Crippen LogP contribution in [0.3, 0.4) is 0 Å². The number of aliphatic hydroxyl groups excluding tert-OH is 1. The van der Waals surface area contributed by atoms with Gasteiger partial charge in [0.15, 0.2) is 12.4 Å². The molecule has 0 bridgehead atoms. The molecule has 5 heteroatoms. The zero-order valence-corrected chi connectivity index (χ0v) is 9.04. The fourth-order valence-corrected chi connectivity index (χ4v) is 1.91. The van der Waals surface area contributed by atoms with E-state index in [-0.39, 0.29) is 6.10 Å². The number of carbonyl (C=O) groups is 1. The number of hydrogen-bond donors (Lipinski definition) is 2. The van der Waals surface area contributed by atoms with Crippen LogP contribution in [0.2, 0.25) is 0 Å².